The predicted octanol–water partition coefficient (Wildman–Crippen LogP) is 1.08. The molecule has 18 heavy (non-hydrogen) atoms. The second-order valence-electron chi connectivity index (χ2n) is 3.99. The molecule has 2 N–H and O–H groups in total. The Balaban J connectivity index is 2.43. The minimum absolute atomic E-state index is 0.0291. The lowest BCUT2D eigenvalue weighted by atomic mass is 10.2. The Morgan fingerprint density at radius 3 is 2.94 bits per heavy atom. The first kappa shape index (κ1) is 14.3. The number of halogens is 2. The van der Waals surface area contributed by atoms with Gasteiger partial charge in [0.2, 0.25) is 5.91 Å². The van der Waals surface area contributed by atoms with E-state index in [9.17, 15) is 13.6 Å². The average molecular weight is 258 g/mol. The molecule has 1 aromatic rings. The average Bonchev–Trinajstić information content (AvgIpc) is 2.74. The minimum atomic E-state index is -2.62. The summed E-state index contributed by atoms with van der Waals surface area (Å²) < 4.78 is 24.9. The van der Waals surface area contributed by atoms with E-state index in [0.29, 0.717) is 12.1 Å². The Bertz CT molecular complexity index is 415. The lowest BCUT2D eigenvalue weighted by Gasteiger charge is -2.04. The smallest absolute Gasteiger partial charge is 0.280 e. The van der Waals surface area contributed by atoms with Gasteiger partial charge in [-0.25, -0.2) is 8.78 Å². The third-order valence-electron chi connectivity index (χ3n) is 2.16. The molecule has 5 nitrogen and oxygen atoms in total. The molecule has 1 rings (SSSR count). The van der Waals surface area contributed by atoms with E-state index in [1.807, 2.05) is 19.0 Å². The number of carbonyl (C=O) groups is 1. The quantitative estimate of drug-likeness (QED) is 0.751. The van der Waals surface area contributed by atoms with Crippen LogP contribution in [-0.2, 0) is 11.3 Å². The molecular weight excluding hydrogens is 242 g/mol. The number of nitrogens with one attached hydrogen (secondary N) is 2. The van der Waals surface area contributed by atoms with Gasteiger partial charge in [-0.15, -0.1) is 0 Å². The zero-order chi connectivity index (χ0) is 13.5. The van der Waals surface area contributed by atoms with Crippen LogP contribution in [0.5, 0.6) is 0 Å². The Morgan fingerprint density at radius 1 is 1.61 bits per heavy atom. The minimum Gasteiger partial charge on any atom is -0.348 e. The maximum absolute atomic E-state index is 12.5. The standard InChI is InChI=1S/C11H16F2N4O/c1-17(2)5-3-4-9(18)14-6-8-7-15-16-10(8)11(12)13/h3-4,7,11H,5-6H2,1-2H3,(H,14,18)(H,15,16)/b4-3+. The monoisotopic (exact) mass is 258 g/mol. The number of aromatic amines is 1. The van der Waals surface area contributed by atoms with E-state index in [0.717, 1.165) is 0 Å². The van der Waals surface area contributed by atoms with Crippen LogP contribution in [-0.4, -0.2) is 41.6 Å². The highest BCUT2D eigenvalue weighted by Crippen LogP contribution is 2.19. The molecule has 0 bridgehead atoms. The molecule has 0 aromatic carbocycles. The highest BCUT2D eigenvalue weighted by atomic mass is 19.3. The second kappa shape index (κ2) is 6.85. The number of hydrogen-bond acceptors (Lipinski definition) is 3. The molecule has 1 aromatic heterocycles. The molecular formula is C11H16F2N4O. The summed E-state index contributed by atoms with van der Waals surface area (Å²) in [6.45, 7) is 0.669. The van der Waals surface area contributed by atoms with Crippen molar-refractivity contribution in [2.75, 3.05) is 20.6 Å². The van der Waals surface area contributed by atoms with Crippen molar-refractivity contribution in [2.24, 2.45) is 0 Å². The Kier molecular flexibility index (Phi) is 5.44. The van der Waals surface area contributed by atoms with Crippen LogP contribution in [0.2, 0.25) is 0 Å². The van der Waals surface area contributed by atoms with Crippen LogP contribution in [0.25, 0.3) is 0 Å². The molecule has 0 saturated heterocycles. The molecule has 0 unspecified atom stereocenters. The molecule has 0 aliphatic heterocycles. The van der Waals surface area contributed by atoms with Gasteiger partial charge in [0, 0.05) is 24.7 Å². The van der Waals surface area contributed by atoms with E-state index in [1.165, 1.54) is 12.3 Å². The number of amides is 1. The van der Waals surface area contributed by atoms with E-state index in [2.05, 4.69) is 15.5 Å². The van der Waals surface area contributed by atoms with Gasteiger partial charge in [0.25, 0.3) is 6.43 Å². The van der Waals surface area contributed by atoms with Crippen molar-refractivity contribution in [1.82, 2.24) is 20.4 Å². The Morgan fingerprint density at radius 2 is 2.33 bits per heavy atom. The predicted molar refractivity (Wildman–Crippen MR) is 63.1 cm³/mol. The summed E-state index contributed by atoms with van der Waals surface area (Å²) in [5, 5.41) is 8.25. The molecule has 0 spiro atoms. The molecule has 0 aliphatic rings. The zero-order valence-corrected chi connectivity index (χ0v) is 10.3. The van der Waals surface area contributed by atoms with Crippen LogP contribution < -0.4 is 5.32 Å². The van der Waals surface area contributed by atoms with E-state index in [-0.39, 0.29) is 18.1 Å². The van der Waals surface area contributed by atoms with Gasteiger partial charge in [-0.3, -0.25) is 9.89 Å². The fourth-order valence-electron chi connectivity index (χ4n) is 1.26. The molecule has 7 heteroatoms. The van der Waals surface area contributed by atoms with Gasteiger partial charge in [-0.2, -0.15) is 5.10 Å². The molecule has 0 fully saturated rings. The summed E-state index contributed by atoms with van der Waals surface area (Å²) in [7, 11) is 3.76. The Hall–Kier alpha value is -1.76. The van der Waals surface area contributed by atoms with Gasteiger partial charge in [-0.05, 0) is 14.1 Å². The summed E-state index contributed by atoms with van der Waals surface area (Å²) in [5.74, 6) is -0.321. The number of aromatic nitrogens is 2. The van der Waals surface area contributed by atoms with Crippen molar-refractivity contribution >= 4 is 5.91 Å². The lowest BCUT2D eigenvalue weighted by molar-refractivity contribution is -0.116. The molecule has 0 atom stereocenters. The largest absolute Gasteiger partial charge is 0.348 e. The number of hydrogen-bond donors (Lipinski definition) is 2. The zero-order valence-electron chi connectivity index (χ0n) is 10.3. The summed E-state index contributed by atoms with van der Waals surface area (Å²) >= 11 is 0. The molecule has 0 aliphatic carbocycles. The molecule has 1 heterocycles. The van der Waals surface area contributed by atoms with Crippen LogP contribution in [0.15, 0.2) is 18.3 Å². The summed E-state index contributed by atoms with van der Waals surface area (Å²) in [6, 6.07) is 0. The topological polar surface area (TPSA) is 61.0 Å². The van der Waals surface area contributed by atoms with Crippen molar-refractivity contribution in [2.45, 2.75) is 13.0 Å². The van der Waals surface area contributed by atoms with Crippen molar-refractivity contribution in [3.63, 3.8) is 0 Å². The highest BCUT2D eigenvalue weighted by Gasteiger charge is 2.14. The van der Waals surface area contributed by atoms with Crippen molar-refractivity contribution in [3.8, 4) is 0 Å². The van der Waals surface area contributed by atoms with E-state index < -0.39 is 6.43 Å². The maximum Gasteiger partial charge on any atom is 0.280 e. The summed E-state index contributed by atoms with van der Waals surface area (Å²) in [6.07, 6.45) is 1.73. The normalized spacial score (nSPS) is 11.7. The SMILES string of the molecule is CN(C)C/C=C/C(=O)NCc1cn[nH]c1C(F)F. The van der Waals surface area contributed by atoms with Crippen LogP contribution in [0.4, 0.5) is 8.78 Å². The van der Waals surface area contributed by atoms with Gasteiger partial charge in [0.05, 0.1) is 6.20 Å². The molecule has 1 amide bonds. The first-order valence-electron chi connectivity index (χ1n) is 5.40. The van der Waals surface area contributed by atoms with E-state index in [4.69, 9.17) is 0 Å². The van der Waals surface area contributed by atoms with Crippen molar-refractivity contribution < 1.29 is 13.6 Å². The number of carbonyl (C=O) groups excluding carboxylic acids is 1. The fraction of sp³-hybridized carbons (Fsp3) is 0.455. The molecule has 0 saturated carbocycles. The number of nitrogens with zero attached hydrogens (tertiary/aromatic N) is 2. The number of likely N-dealkylation sites (N-methyl/N-ethyl adjacent to an activating group) is 1. The number of rotatable bonds is 6. The highest BCUT2D eigenvalue weighted by molar-refractivity contribution is 5.87. The summed E-state index contributed by atoms with van der Waals surface area (Å²) in [5.41, 5.74) is 0.0342. The second-order valence-corrected chi connectivity index (χ2v) is 3.99. The third kappa shape index (κ3) is 4.62. The molecule has 0 radical (unpaired) electrons. The van der Waals surface area contributed by atoms with Crippen LogP contribution >= 0.6 is 0 Å². The number of H-pyrrole nitrogens is 1. The number of alkyl halides is 2. The third-order valence-corrected chi connectivity index (χ3v) is 2.16. The summed E-state index contributed by atoms with van der Waals surface area (Å²) in [4.78, 5) is 13.3. The first-order chi connectivity index (χ1) is 8.50. The molecule has 100 valence electrons. The van der Waals surface area contributed by atoms with E-state index >= 15 is 0 Å². The Labute approximate surface area is 104 Å². The van der Waals surface area contributed by atoms with Gasteiger partial charge in [0.15, 0.2) is 0 Å². The lowest BCUT2D eigenvalue weighted by Crippen LogP contribution is -2.21. The van der Waals surface area contributed by atoms with E-state index in [1.54, 1.807) is 6.08 Å². The van der Waals surface area contributed by atoms with Gasteiger partial charge in [-0.1, -0.05) is 6.08 Å². The van der Waals surface area contributed by atoms with Crippen LogP contribution in [0.3, 0.4) is 0 Å². The van der Waals surface area contributed by atoms with Gasteiger partial charge >= 0.3 is 0 Å². The van der Waals surface area contributed by atoms with Gasteiger partial charge < -0.3 is 10.2 Å². The van der Waals surface area contributed by atoms with Crippen LogP contribution in [0.1, 0.15) is 17.7 Å². The fourth-order valence-corrected chi connectivity index (χ4v) is 1.26. The first-order valence-corrected chi connectivity index (χ1v) is 5.40. The van der Waals surface area contributed by atoms with Crippen molar-refractivity contribution in [1.29, 1.82) is 0 Å². The maximum atomic E-state index is 12.5. The van der Waals surface area contributed by atoms with Crippen LogP contribution in [0, 0.1) is 0 Å². The van der Waals surface area contributed by atoms with Crippen molar-refractivity contribution in [3.05, 3.63) is 29.6 Å². The van der Waals surface area contributed by atoms with Gasteiger partial charge in [0.1, 0.15) is 5.69 Å².